The molecule has 2 aromatic carbocycles. The summed E-state index contributed by atoms with van der Waals surface area (Å²) >= 11 is 0. The highest BCUT2D eigenvalue weighted by molar-refractivity contribution is 7.89. The zero-order valence-electron chi connectivity index (χ0n) is 18.1. The number of hydrogen-bond acceptors (Lipinski definition) is 6. The molecule has 0 unspecified atom stereocenters. The lowest BCUT2D eigenvalue weighted by molar-refractivity contribution is -0.116. The molecule has 1 aliphatic heterocycles. The molecule has 1 amide bonds. The molecule has 0 spiro atoms. The number of carbonyl (C=O) groups is 1. The van der Waals surface area contributed by atoms with Gasteiger partial charge in [-0.1, -0.05) is 42.3 Å². The zero-order valence-corrected chi connectivity index (χ0v) is 18.9. The molecule has 9 nitrogen and oxygen atoms in total. The second kappa shape index (κ2) is 10.1. The van der Waals surface area contributed by atoms with E-state index in [1.54, 1.807) is 52.8 Å². The maximum Gasteiger partial charge on any atom is 0.439 e. The van der Waals surface area contributed by atoms with Gasteiger partial charge in [0, 0.05) is 30.8 Å². The van der Waals surface area contributed by atoms with Gasteiger partial charge in [0.05, 0.1) is 4.90 Å². The highest BCUT2D eigenvalue weighted by Gasteiger charge is 2.24. The van der Waals surface area contributed by atoms with Crippen LogP contribution in [0.4, 0.5) is 5.69 Å². The molecule has 0 aliphatic carbocycles. The summed E-state index contributed by atoms with van der Waals surface area (Å²) in [5, 5.41) is 6.46. The van der Waals surface area contributed by atoms with E-state index in [4.69, 9.17) is 0 Å². The van der Waals surface area contributed by atoms with Gasteiger partial charge in [-0.05, 0) is 49.1 Å². The average molecular weight is 471 g/mol. The average Bonchev–Trinajstić information content (AvgIpc) is 3.06. The van der Waals surface area contributed by atoms with Crippen LogP contribution in [0.5, 0.6) is 0 Å². The molecule has 3 aromatic rings. The van der Waals surface area contributed by atoms with Crippen LogP contribution in [0.1, 0.15) is 37.7 Å². The molecule has 2 heterocycles. The Hall–Kier alpha value is -3.24. The van der Waals surface area contributed by atoms with Crippen LogP contribution in [-0.2, 0) is 21.2 Å². The molecule has 1 fully saturated rings. The second-order valence-electron chi connectivity index (χ2n) is 8.03. The fourth-order valence-electron chi connectivity index (χ4n) is 3.84. The van der Waals surface area contributed by atoms with Crippen LogP contribution >= 0.6 is 0 Å². The summed E-state index contributed by atoms with van der Waals surface area (Å²) in [5.74, 6) is -0.543. The van der Waals surface area contributed by atoms with Gasteiger partial charge in [-0.15, -0.1) is 0 Å². The molecular formula is C23H26N4O5S. The molecule has 10 heteroatoms. The van der Waals surface area contributed by atoms with Crippen molar-refractivity contribution in [2.24, 2.45) is 0 Å². The van der Waals surface area contributed by atoms with Crippen molar-refractivity contribution >= 4 is 21.6 Å². The van der Waals surface area contributed by atoms with E-state index in [0.29, 0.717) is 35.7 Å². The van der Waals surface area contributed by atoms with E-state index in [9.17, 15) is 18.0 Å². The van der Waals surface area contributed by atoms with E-state index in [2.05, 4.69) is 20.0 Å². The fraction of sp³-hybridized carbons (Fsp3) is 0.348. The van der Waals surface area contributed by atoms with Crippen molar-refractivity contribution in [3.05, 3.63) is 64.6 Å². The molecule has 1 aromatic heterocycles. The van der Waals surface area contributed by atoms with Gasteiger partial charge in [-0.3, -0.25) is 14.3 Å². The Morgan fingerprint density at radius 1 is 1.06 bits per heavy atom. The highest BCUT2D eigenvalue weighted by atomic mass is 32.2. The smallest absolute Gasteiger partial charge is 0.326 e. The van der Waals surface area contributed by atoms with Crippen molar-refractivity contribution < 1.29 is 17.7 Å². The molecule has 4 rings (SSSR count). The lowest BCUT2D eigenvalue weighted by Gasteiger charge is -2.20. The second-order valence-corrected chi connectivity index (χ2v) is 9.97. The third-order valence-corrected chi connectivity index (χ3v) is 7.54. The number of aromatic amines is 1. The Morgan fingerprint density at radius 3 is 2.45 bits per heavy atom. The first-order valence-electron chi connectivity index (χ1n) is 11.0. The van der Waals surface area contributed by atoms with Crippen LogP contribution in [0.15, 0.2) is 62.7 Å². The van der Waals surface area contributed by atoms with Crippen molar-refractivity contribution in [3.63, 3.8) is 0 Å². The van der Waals surface area contributed by atoms with Gasteiger partial charge < -0.3 is 5.32 Å². The quantitative estimate of drug-likeness (QED) is 0.546. The number of nitrogens with zero attached hydrogens (tertiary/aromatic N) is 2. The predicted octanol–water partition coefficient (Wildman–Crippen LogP) is 3.17. The topological polar surface area (TPSA) is 125 Å². The predicted molar refractivity (Wildman–Crippen MR) is 123 cm³/mol. The third-order valence-electron chi connectivity index (χ3n) is 5.63. The first kappa shape index (κ1) is 22.9. The van der Waals surface area contributed by atoms with E-state index in [0.717, 1.165) is 31.2 Å². The summed E-state index contributed by atoms with van der Waals surface area (Å²) in [7, 11) is -3.48. The number of aromatic nitrogens is 2. The van der Waals surface area contributed by atoms with Crippen LogP contribution in [0.2, 0.25) is 0 Å². The Kier molecular flexibility index (Phi) is 7.05. The minimum atomic E-state index is -3.48. The number of carbonyl (C=O) groups excluding carboxylic acids is 1. The number of H-pyrrole nitrogens is 1. The Morgan fingerprint density at radius 2 is 1.79 bits per heavy atom. The first-order chi connectivity index (χ1) is 15.9. The first-order valence-corrected chi connectivity index (χ1v) is 12.4. The number of aryl methyl sites for hydroxylation is 1. The lowest BCUT2D eigenvalue weighted by Crippen LogP contribution is -2.31. The summed E-state index contributed by atoms with van der Waals surface area (Å²) in [6, 6.07) is 13.7. The molecule has 0 bridgehead atoms. The summed E-state index contributed by atoms with van der Waals surface area (Å²) in [6.45, 7) is 1.14. The van der Waals surface area contributed by atoms with E-state index >= 15 is 0 Å². The maximum absolute atomic E-state index is 12.9. The van der Waals surface area contributed by atoms with Gasteiger partial charge in [0.25, 0.3) is 0 Å². The normalized spacial score (nSPS) is 15.2. The number of benzene rings is 2. The summed E-state index contributed by atoms with van der Waals surface area (Å²) < 4.78 is 31.9. The van der Waals surface area contributed by atoms with Crippen LogP contribution in [0.3, 0.4) is 0 Å². The van der Waals surface area contributed by atoms with Gasteiger partial charge in [-0.25, -0.2) is 13.2 Å². The van der Waals surface area contributed by atoms with Crippen molar-refractivity contribution in [1.82, 2.24) is 14.4 Å². The van der Waals surface area contributed by atoms with Gasteiger partial charge in [0.15, 0.2) is 5.82 Å². The fourth-order valence-corrected chi connectivity index (χ4v) is 5.36. The maximum atomic E-state index is 12.9. The molecule has 2 N–H and O–H groups in total. The number of anilines is 1. The van der Waals surface area contributed by atoms with Crippen LogP contribution in [0, 0.1) is 0 Å². The number of hydrogen-bond donors (Lipinski definition) is 2. The SMILES string of the molecule is O=C(CCc1ccc(S(=O)(=O)N2CCCCCC2)cc1)Nc1cccc(-c2noc(=O)[nH]2)c1. The van der Waals surface area contributed by atoms with Gasteiger partial charge in [-0.2, -0.15) is 4.31 Å². The Labute approximate surface area is 191 Å². The van der Waals surface area contributed by atoms with Crippen molar-refractivity contribution in [1.29, 1.82) is 0 Å². The third kappa shape index (κ3) is 5.77. The molecule has 174 valence electrons. The van der Waals surface area contributed by atoms with E-state index in [1.807, 2.05) is 0 Å². The molecule has 1 aliphatic rings. The lowest BCUT2D eigenvalue weighted by atomic mass is 10.1. The number of amides is 1. The summed E-state index contributed by atoms with van der Waals surface area (Å²) in [6.07, 6.45) is 4.64. The molecular weight excluding hydrogens is 444 g/mol. The van der Waals surface area contributed by atoms with Crippen LogP contribution in [-0.4, -0.2) is 41.9 Å². The zero-order chi connectivity index (χ0) is 23.3. The number of nitrogens with one attached hydrogen (secondary N) is 2. The molecule has 0 saturated carbocycles. The van der Waals surface area contributed by atoms with Gasteiger partial charge >= 0.3 is 5.76 Å². The van der Waals surface area contributed by atoms with E-state index < -0.39 is 15.8 Å². The van der Waals surface area contributed by atoms with Crippen molar-refractivity contribution in [2.75, 3.05) is 18.4 Å². The monoisotopic (exact) mass is 470 g/mol. The summed E-state index contributed by atoms with van der Waals surface area (Å²) in [5.41, 5.74) is 2.06. The standard InChI is InChI=1S/C23H26N4O5S/c28-21(24-19-7-5-6-18(16-19)22-25-23(29)32-26-22)13-10-17-8-11-20(12-9-17)33(30,31)27-14-3-1-2-4-15-27/h5-9,11-12,16H,1-4,10,13-15H2,(H,24,28)(H,25,26,29). The minimum Gasteiger partial charge on any atom is -0.326 e. The van der Waals surface area contributed by atoms with Gasteiger partial charge in [0.2, 0.25) is 15.9 Å². The van der Waals surface area contributed by atoms with E-state index in [-0.39, 0.29) is 18.2 Å². The number of rotatable bonds is 7. The molecule has 0 atom stereocenters. The Bertz CT molecular complexity index is 1260. The number of sulfonamides is 1. The van der Waals surface area contributed by atoms with Crippen molar-refractivity contribution in [2.45, 2.75) is 43.4 Å². The molecule has 0 radical (unpaired) electrons. The summed E-state index contributed by atoms with van der Waals surface area (Å²) in [4.78, 5) is 26.3. The Balaban J connectivity index is 1.34. The molecule has 33 heavy (non-hydrogen) atoms. The van der Waals surface area contributed by atoms with Gasteiger partial charge in [0.1, 0.15) is 0 Å². The van der Waals surface area contributed by atoms with Crippen LogP contribution in [0.25, 0.3) is 11.4 Å². The van der Waals surface area contributed by atoms with Crippen molar-refractivity contribution in [3.8, 4) is 11.4 Å². The minimum absolute atomic E-state index is 0.179. The van der Waals surface area contributed by atoms with Crippen LogP contribution < -0.4 is 11.1 Å². The molecule has 1 saturated heterocycles. The van der Waals surface area contributed by atoms with E-state index in [1.165, 1.54) is 0 Å². The largest absolute Gasteiger partial charge is 0.439 e. The highest BCUT2D eigenvalue weighted by Crippen LogP contribution is 2.22.